The number of likely N-dealkylation sites (tertiary alicyclic amines) is 1. The van der Waals surface area contributed by atoms with Crippen LogP contribution in [-0.4, -0.2) is 43.0 Å². The van der Waals surface area contributed by atoms with Crippen LogP contribution in [-0.2, 0) is 6.54 Å². The summed E-state index contributed by atoms with van der Waals surface area (Å²) in [5, 5.41) is 8.59. The van der Waals surface area contributed by atoms with Crippen LogP contribution in [0.25, 0.3) is 0 Å². The van der Waals surface area contributed by atoms with Gasteiger partial charge in [0.1, 0.15) is 12.0 Å². The van der Waals surface area contributed by atoms with Gasteiger partial charge < -0.3 is 31.0 Å². The molecular formula is C19H25N5O3. The second kappa shape index (κ2) is 8.70. The van der Waals surface area contributed by atoms with Crippen molar-refractivity contribution in [2.24, 2.45) is 5.73 Å². The lowest BCUT2D eigenvalue weighted by Crippen LogP contribution is -2.44. The molecule has 2 heterocycles. The number of urea groups is 1. The van der Waals surface area contributed by atoms with Gasteiger partial charge in [-0.1, -0.05) is 0 Å². The first kappa shape index (κ1) is 18.9. The fourth-order valence-corrected chi connectivity index (χ4v) is 2.95. The van der Waals surface area contributed by atoms with Crippen LogP contribution in [0.5, 0.6) is 0 Å². The SMILES string of the molecule is CN1CCC(NC(=O)Nc2ccc(NC(=O)c3coc(CN)c3)cc2)CC1. The molecule has 3 amide bonds. The molecule has 144 valence electrons. The molecule has 27 heavy (non-hydrogen) atoms. The molecule has 0 unspecified atom stereocenters. The predicted molar refractivity (Wildman–Crippen MR) is 104 cm³/mol. The molecular weight excluding hydrogens is 346 g/mol. The molecule has 3 rings (SSSR count). The van der Waals surface area contributed by atoms with Crippen molar-refractivity contribution in [1.82, 2.24) is 10.2 Å². The highest BCUT2D eigenvalue weighted by Gasteiger charge is 2.18. The summed E-state index contributed by atoms with van der Waals surface area (Å²) < 4.78 is 5.16. The number of hydrogen-bond donors (Lipinski definition) is 4. The molecule has 1 aromatic carbocycles. The van der Waals surface area contributed by atoms with E-state index >= 15 is 0 Å². The standard InChI is InChI=1S/C19H25N5O3/c1-24-8-6-16(7-9-24)23-19(26)22-15-4-2-14(3-5-15)21-18(25)13-10-17(11-20)27-12-13/h2-5,10,12,16H,6-9,11,20H2,1H3,(H,21,25)(H2,22,23,26). The Kier molecular flexibility index (Phi) is 6.10. The van der Waals surface area contributed by atoms with E-state index < -0.39 is 0 Å². The third kappa shape index (κ3) is 5.32. The van der Waals surface area contributed by atoms with Gasteiger partial charge in [0.2, 0.25) is 0 Å². The summed E-state index contributed by atoms with van der Waals surface area (Å²) in [7, 11) is 2.08. The molecule has 0 aliphatic carbocycles. The van der Waals surface area contributed by atoms with Crippen LogP contribution in [0.2, 0.25) is 0 Å². The van der Waals surface area contributed by atoms with Crippen molar-refractivity contribution in [2.45, 2.75) is 25.4 Å². The molecule has 0 radical (unpaired) electrons. The molecule has 2 aromatic rings. The van der Waals surface area contributed by atoms with E-state index in [1.54, 1.807) is 30.3 Å². The van der Waals surface area contributed by atoms with Crippen LogP contribution in [0.15, 0.2) is 41.0 Å². The van der Waals surface area contributed by atoms with Gasteiger partial charge in [-0.25, -0.2) is 4.79 Å². The number of rotatable bonds is 5. The van der Waals surface area contributed by atoms with E-state index in [1.807, 2.05) is 0 Å². The Morgan fingerprint density at radius 1 is 1.15 bits per heavy atom. The van der Waals surface area contributed by atoms with Gasteiger partial charge in [0.15, 0.2) is 0 Å². The lowest BCUT2D eigenvalue weighted by atomic mass is 10.1. The van der Waals surface area contributed by atoms with Crippen molar-refractivity contribution in [3.63, 3.8) is 0 Å². The first-order chi connectivity index (χ1) is 13.0. The van der Waals surface area contributed by atoms with Gasteiger partial charge in [0, 0.05) is 17.4 Å². The Bertz CT molecular complexity index is 779. The molecule has 0 saturated carbocycles. The Balaban J connectivity index is 1.49. The first-order valence-electron chi connectivity index (χ1n) is 8.98. The highest BCUT2D eigenvalue weighted by molar-refractivity contribution is 6.04. The molecule has 1 aliphatic rings. The summed E-state index contributed by atoms with van der Waals surface area (Å²) in [6.45, 7) is 2.22. The van der Waals surface area contributed by atoms with Gasteiger partial charge in [-0.05, 0) is 63.3 Å². The maximum Gasteiger partial charge on any atom is 0.319 e. The van der Waals surface area contributed by atoms with Gasteiger partial charge in [-0.3, -0.25) is 4.79 Å². The molecule has 8 nitrogen and oxygen atoms in total. The van der Waals surface area contributed by atoms with Gasteiger partial charge in [0.25, 0.3) is 5.91 Å². The van der Waals surface area contributed by atoms with Gasteiger partial charge in [-0.15, -0.1) is 0 Å². The average Bonchev–Trinajstić information content (AvgIpc) is 3.15. The smallest absolute Gasteiger partial charge is 0.319 e. The Morgan fingerprint density at radius 3 is 2.37 bits per heavy atom. The van der Waals surface area contributed by atoms with Crippen LogP contribution < -0.4 is 21.7 Å². The number of nitrogens with zero attached hydrogens (tertiary/aromatic N) is 1. The second-order valence-corrected chi connectivity index (χ2v) is 6.71. The Hall–Kier alpha value is -2.84. The minimum Gasteiger partial charge on any atom is -0.467 e. The summed E-state index contributed by atoms with van der Waals surface area (Å²) >= 11 is 0. The lowest BCUT2D eigenvalue weighted by molar-refractivity contribution is 0.102. The summed E-state index contributed by atoms with van der Waals surface area (Å²) in [5.41, 5.74) is 7.16. The van der Waals surface area contributed by atoms with Gasteiger partial charge in [-0.2, -0.15) is 0 Å². The molecule has 1 fully saturated rings. The summed E-state index contributed by atoms with van der Waals surface area (Å²) in [4.78, 5) is 26.5. The summed E-state index contributed by atoms with van der Waals surface area (Å²) in [5.74, 6) is 0.273. The van der Waals surface area contributed by atoms with Crippen LogP contribution in [0.3, 0.4) is 0 Å². The highest BCUT2D eigenvalue weighted by Crippen LogP contribution is 2.16. The minimum absolute atomic E-state index is 0.202. The number of nitrogens with two attached hydrogens (primary N) is 1. The first-order valence-corrected chi connectivity index (χ1v) is 8.98. The molecule has 0 bridgehead atoms. The number of furan rings is 1. The highest BCUT2D eigenvalue weighted by atomic mass is 16.3. The fourth-order valence-electron chi connectivity index (χ4n) is 2.95. The second-order valence-electron chi connectivity index (χ2n) is 6.71. The zero-order valence-corrected chi connectivity index (χ0v) is 15.3. The Morgan fingerprint density at radius 2 is 1.78 bits per heavy atom. The quantitative estimate of drug-likeness (QED) is 0.644. The number of benzene rings is 1. The topological polar surface area (TPSA) is 113 Å². The number of piperidine rings is 1. The van der Waals surface area contributed by atoms with E-state index in [0.29, 0.717) is 22.7 Å². The number of amides is 3. The van der Waals surface area contributed by atoms with Crippen molar-refractivity contribution < 1.29 is 14.0 Å². The van der Waals surface area contributed by atoms with Crippen molar-refractivity contribution in [3.8, 4) is 0 Å². The van der Waals surface area contributed by atoms with Crippen molar-refractivity contribution in [2.75, 3.05) is 30.8 Å². The minimum atomic E-state index is -0.279. The predicted octanol–water partition coefficient (Wildman–Crippen LogP) is 2.21. The zero-order chi connectivity index (χ0) is 19.2. The maximum atomic E-state index is 12.2. The molecule has 8 heteroatoms. The van der Waals surface area contributed by atoms with Gasteiger partial charge >= 0.3 is 6.03 Å². The molecule has 0 spiro atoms. The number of carbonyl (C=O) groups is 2. The van der Waals surface area contributed by atoms with Crippen molar-refractivity contribution in [3.05, 3.63) is 47.9 Å². The monoisotopic (exact) mass is 371 g/mol. The summed E-state index contributed by atoms with van der Waals surface area (Å²) in [6, 6.07) is 8.54. The molecule has 5 N–H and O–H groups in total. The summed E-state index contributed by atoms with van der Waals surface area (Å²) in [6.07, 6.45) is 3.28. The maximum absolute atomic E-state index is 12.2. The van der Waals surface area contributed by atoms with Crippen LogP contribution in [0.4, 0.5) is 16.2 Å². The van der Waals surface area contributed by atoms with E-state index in [1.165, 1.54) is 6.26 Å². The number of hydrogen-bond acceptors (Lipinski definition) is 5. The number of carbonyl (C=O) groups excluding carboxylic acids is 2. The van der Waals surface area contributed by atoms with Crippen molar-refractivity contribution in [1.29, 1.82) is 0 Å². The van der Waals surface area contributed by atoms with E-state index in [-0.39, 0.29) is 24.5 Å². The largest absolute Gasteiger partial charge is 0.467 e. The lowest BCUT2D eigenvalue weighted by Gasteiger charge is -2.29. The third-order valence-corrected chi connectivity index (χ3v) is 4.57. The molecule has 0 atom stereocenters. The van der Waals surface area contributed by atoms with E-state index in [0.717, 1.165) is 25.9 Å². The zero-order valence-electron chi connectivity index (χ0n) is 15.3. The van der Waals surface area contributed by atoms with Crippen LogP contribution in [0, 0.1) is 0 Å². The van der Waals surface area contributed by atoms with Crippen molar-refractivity contribution >= 4 is 23.3 Å². The molecule has 1 saturated heterocycles. The fraction of sp³-hybridized carbons (Fsp3) is 0.368. The van der Waals surface area contributed by atoms with E-state index in [2.05, 4.69) is 27.9 Å². The Labute approximate surface area is 158 Å². The van der Waals surface area contributed by atoms with E-state index in [4.69, 9.17) is 10.2 Å². The third-order valence-electron chi connectivity index (χ3n) is 4.57. The average molecular weight is 371 g/mol. The molecule has 1 aromatic heterocycles. The normalized spacial score (nSPS) is 15.3. The molecule has 1 aliphatic heterocycles. The van der Waals surface area contributed by atoms with Gasteiger partial charge in [0.05, 0.1) is 12.1 Å². The number of anilines is 2. The van der Waals surface area contributed by atoms with Crippen LogP contribution >= 0.6 is 0 Å². The van der Waals surface area contributed by atoms with E-state index in [9.17, 15) is 9.59 Å². The van der Waals surface area contributed by atoms with Crippen LogP contribution in [0.1, 0.15) is 29.0 Å². The number of nitrogens with one attached hydrogen (secondary N) is 3.